The van der Waals surface area contributed by atoms with Gasteiger partial charge in [-0.2, -0.15) is 5.10 Å². The van der Waals surface area contributed by atoms with Crippen LogP contribution < -0.4 is 10.2 Å². The quantitative estimate of drug-likeness (QED) is 0.509. The molecule has 106 valence electrons. The standard InChI is InChI=1S/C16H20N2O2/c1-20-15-9-7-13(8-10-15)11-16(19)18-17-12-14-5-3-2-4-6-14/h2-3,7-10,12,14H,4-6,11H2,1H3,(H,18,19)/b17-12-/t14-/m1/s1. The van der Waals surface area contributed by atoms with Gasteiger partial charge in [-0.25, -0.2) is 5.43 Å². The van der Waals surface area contributed by atoms with Crippen LogP contribution >= 0.6 is 0 Å². The molecule has 0 heterocycles. The summed E-state index contributed by atoms with van der Waals surface area (Å²) in [6.45, 7) is 0. The monoisotopic (exact) mass is 272 g/mol. The summed E-state index contributed by atoms with van der Waals surface area (Å²) in [5, 5.41) is 4.04. The maximum absolute atomic E-state index is 11.7. The molecular weight excluding hydrogens is 252 g/mol. The minimum atomic E-state index is -0.0993. The van der Waals surface area contributed by atoms with Crippen molar-refractivity contribution in [3.05, 3.63) is 42.0 Å². The van der Waals surface area contributed by atoms with Crippen LogP contribution in [0.1, 0.15) is 24.8 Å². The zero-order chi connectivity index (χ0) is 14.2. The van der Waals surface area contributed by atoms with Crippen LogP contribution in [0.4, 0.5) is 0 Å². The average molecular weight is 272 g/mol. The van der Waals surface area contributed by atoms with Crippen LogP contribution in [0.2, 0.25) is 0 Å². The van der Waals surface area contributed by atoms with Crippen LogP contribution in [-0.4, -0.2) is 19.2 Å². The lowest BCUT2D eigenvalue weighted by atomic mass is 9.96. The van der Waals surface area contributed by atoms with Gasteiger partial charge in [0.2, 0.25) is 5.91 Å². The lowest BCUT2D eigenvalue weighted by Crippen LogP contribution is -2.20. The van der Waals surface area contributed by atoms with E-state index in [1.165, 1.54) is 0 Å². The number of benzene rings is 1. The van der Waals surface area contributed by atoms with Gasteiger partial charge in [-0.1, -0.05) is 24.3 Å². The number of amides is 1. The molecule has 1 aliphatic rings. The molecule has 0 aromatic heterocycles. The molecule has 1 atom stereocenters. The van der Waals surface area contributed by atoms with Gasteiger partial charge >= 0.3 is 0 Å². The highest BCUT2D eigenvalue weighted by Gasteiger charge is 2.07. The van der Waals surface area contributed by atoms with Crippen molar-refractivity contribution in [2.75, 3.05) is 7.11 Å². The molecular formula is C16H20N2O2. The fourth-order valence-electron chi connectivity index (χ4n) is 2.14. The lowest BCUT2D eigenvalue weighted by molar-refractivity contribution is -0.120. The molecule has 0 spiro atoms. The van der Waals surface area contributed by atoms with Gasteiger partial charge < -0.3 is 4.74 Å². The number of carbonyl (C=O) groups is 1. The molecule has 1 aromatic rings. The molecule has 2 rings (SSSR count). The molecule has 20 heavy (non-hydrogen) atoms. The summed E-state index contributed by atoms with van der Waals surface area (Å²) in [5.74, 6) is 1.14. The van der Waals surface area contributed by atoms with E-state index in [0.717, 1.165) is 30.6 Å². The molecule has 4 nitrogen and oxygen atoms in total. The van der Waals surface area contributed by atoms with Crippen molar-refractivity contribution in [1.82, 2.24) is 5.43 Å². The van der Waals surface area contributed by atoms with Gasteiger partial charge in [-0.15, -0.1) is 0 Å². The van der Waals surface area contributed by atoms with E-state index in [1.54, 1.807) is 7.11 Å². The Morgan fingerprint density at radius 2 is 2.20 bits per heavy atom. The minimum Gasteiger partial charge on any atom is -0.497 e. The molecule has 4 heteroatoms. The van der Waals surface area contributed by atoms with Crippen molar-refractivity contribution < 1.29 is 9.53 Å². The summed E-state index contributed by atoms with van der Waals surface area (Å²) in [6.07, 6.45) is 9.73. The number of hydrazone groups is 1. The Bertz CT molecular complexity index is 492. The fraction of sp³-hybridized carbons (Fsp3) is 0.375. The molecule has 0 radical (unpaired) electrons. The molecule has 1 amide bonds. The van der Waals surface area contributed by atoms with E-state index in [1.807, 2.05) is 30.5 Å². The van der Waals surface area contributed by atoms with E-state index in [9.17, 15) is 4.79 Å². The highest BCUT2D eigenvalue weighted by Crippen LogP contribution is 2.15. The van der Waals surface area contributed by atoms with Crippen LogP contribution in [0.15, 0.2) is 41.5 Å². The molecule has 0 fully saturated rings. The Hall–Kier alpha value is -2.10. The van der Waals surface area contributed by atoms with E-state index in [2.05, 4.69) is 22.7 Å². The molecule has 0 bridgehead atoms. The molecule has 0 unspecified atom stereocenters. The minimum absolute atomic E-state index is 0.0993. The van der Waals surface area contributed by atoms with Crippen LogP contribution in [0, 0.1) is 5.92 Å². The van der Waals surface area contributed by atoms with E-state index < -0.39 is 0 Å². The first-order valence-electron chi connectivity index (χ1n) is 6.88. The normalized spacial score (nSPS) is 18.1. The first-order valence-corrected chi connectivity index (χ1v) is 6.88. The molecule has 1 aromatic carbocycles. The molecule has 0 saturated heterocycles. The topological polar surface area (TPSA) is 50.7 Å². The summed E-state index contributed by atoms with van der Waals surface area (Å²) < 4.78 is 5.08. The van der Waals surface area contributed by atoms with Crippen molar-refractivity contribution in [3.63, 3.8) is 0 Å². The van der Waals surface area contributed by atoms with Crippen LogP contribution in [-0.2, 0) is 11.2 Å². The highest BCUT2D eigenvalue weighted by molar-refractivity contribution is 5.79. The van der Waals surface area contributed by atoms with E-state index >= 15 is 0 Å². The Labute approximate surface area is 119 Å². The maximum atomic E-state index is 11.7. The predicted octanol–water partition coefficient (Wildman–Crippen LogP) is 2.70. The average Bonchev–Trinajstić information content (AvgIpc) is 2.49. The number of methoxy groups -OCH3 is 1. The van der Waals surface area contributed by atoms with Gasteiger partial charge in [-0.3, -0.25) is 4.79 Å². The predicted molar refractivity (Wildman–Crippen MR) is 79.8 cm³/mol. The first-order chi connectivity index (χ1) is 9.78. The lowest BCUT2D eigenvalue weighted by Gasteiger charge is -2.11. The van der Waals surface area contributed by atoms with E-state index in [4.69, 9.17) is 4.74 Å². The van der Waals surface area contributed by atoms with Gasteiger partial charge in [0, 0.05) is 6.21 Å². The summed E-state index contributed by atoms with van der Waals surface area (Å²) in [5.41, 5.74) is 3.53. The molecule has 1 aliphatic carbocycles. The number of nitrogens with one attached hydrogen (secondary N) is 1. The highest BCUT2D eigenvalue weighted by atomic mass is 16.5. The Balaban J connectivity index is 1.76. The first kappa shape index (κ1) is 14.3. The van der Waals surface area contributed by atoms with Gasteiger partial charge in [0.15, 0.2) is 0 Å². The van der Waals surface area contributed by atoms with E-state index in [-0.39, 0.29) is 5.91 Å². The number of nitrogens with zero attached hydrogens (tertiary/aromatic N) is 1. The van der Waals surface area contributed by atoms with Crippen molar-refractivity contribution >= 4 is 12.1 Å². The smallest absolute Gasteiger partial charge is 0.244 e. The van der Waals surface area contributed by atoms with Crippen LogP contribution in [0.25, 0.3) is 0 Å². The second-order valence-corrected chi connectivity index (χ2v) is 4.88. The number of hydrogen-bond donors (Lipinski definition) is 1. The van der Waals surface area contributed by atoms with Crippen molar-refractivity contribution in [2.24, 2.45) is 11.0 Å². The fourth-order valence-corrected chi connectivity index (χ4v) is 2.14. The van der Waals surface area contributed by atoms with Crippen LogP contribution in [0.5, 0.6) is 5.75 Å². The van der Waals surface area contributed by atoms with Gasteiger partial charge in [0.05, 0.1) is 13.5 Å². The van der Waals surface area contributed by atoms with Crippen molar-refractivity contribution in [2.45, 2.75) is 25.7 Å². The summed E-state index contributed by atoms with van der Waals surface area (Å²) in [4.78, 5) is 11.7. The largest absolute Gasteiger partial charge is 0.497 e. The van der Waals surface area contributed by atoms with Gasteiger partial charge in [-0.05, 0) is 42.9 Å². The third kappa shape index (κ3) is 4.53. The van der Waals surface area contributed by atoms with Gasteiger partial charge in [0.25, 0.3) is 0 Å². The summed E-state index contributed by atoms with van der Waals surface area (Å²) in [7, 11) is 1.62. The Morgan fingerprint density at radius 1 is 1.40 bits per heavy atom. The maximum Gasteiger partial charge on any atom is 0.244 e. The molecule has 1 N–H and O–H groups in total. The van der Waals surface area contributed by atoms with Crippen LogP contribution in [0.3, 0.4) is 0 Å². The number of rotatable bonds is 5. The molecule has 0 aliphatic heterocycles. The number of ether oxygens (including phenoxy) is 1. The summed E-state index contributed by atoms with van der Waals surface area (Å²) in [6, 6.07) is 7.46. The zero-order valence-corrected chi connectivity index (χ0v) is 11.7. The molecule has 0 saturated carbocycles. The van der Waals surface area contributed by atoms with Gasteiger partial charge in [0.1, 0.15) is 5.75 Å². The SMILES string of the molecule is COc1ccc(CC(=O)N/N=C\[C@@H]2CC=CCC2)cc1. The Morgan fingerprint density at radius 3 is 2.85 bits per heavy atom. The summed E-state index contributed by atoms with van der Waals surface area (Å²) >= 11 is 0. The number of allylic oxidation sites excluding steroid dienone is 2. The van der Waals surface area contributed by atoms with E-state index in [0.29, 0.717) is 12.3 Å². The zero-order valence-electron chi connectivity index (χ0n) is 11.7. The van der Waals surface area contributed by atoms with Crippen molar-refractivity contribution in [3.8, 4) is 5.75 Å². The third-order valence-corrected chi connectivity index (χ3v) is 3.31. The second kappa shape index (κ2) is 7.48. The number of carbonyl (C=O) groups excluding carboxylic acids is 1. The Kier molecular flexibility index (Phi) is 5.35. The third-order valence-electron chi connectivity index (χ3n) is 3.31. The number of hydrogen-bond acceptors (Lipinski definition) is 3. The van der Waals surface area contributed by atoms with Crippen molar-refractivity contribution in [1.29, 1.82) is 0 Å². The second-order valence-electron chi connectivity index (χ2n) is 4.88.